The number of rotatable bonds is 2. The van der Waals surface area contributed by atoms with Crippen molar-refractivity contribution in [1.29, 1.82) is 0 Å². The van der Waals surface area contributed by atoms with Gasteiger partial charge in [0, 0.05) is 24.9 Å². The fourth-order valence-electron chi connectivity index (χ4n) is 2.31. The van der Waals surface area contributed by atoms with E-state index in [-0.39, 0.29) is 5.56 Å². The molecule has 0 saturated carbocycles. The number of nitrogens with zero attached hydrogens (tertiary/aromatic N) is 2. The largest absolute Gasteiger partial charge is 0.478 e. The van der Waals surface area contributed by atoms with Crippen molar-refractivity contribution in [3.8, 4) is 0 Å². The molecule has 1 fully saturated rings. The van der Waals surface area contributed by atoms with Gasteiger partial charge in [-0.05, 0) is 25.0 Å². The molecular weight excluding hydrogens is 232 g/mol. The third-order valence-corrected chi connectivity index (χ3v) is 3.30. The highest BCUT2D eigenvalue weighted by Gasteiger charge is 2.19. The van der Waals surface area contributed by atoms with E-state index >= 15 is 0 Å². The number of imidazole rings is 1. The molecule has 3 heterocycles. The van der Waals surface area contributed by atoms with Gasteiger partial charge < -0.3 is 14.2 Å². The molecule has 0 aromatic carbocycles. The van der Waals surface area contributed by atoms with E-state index in [1.807, 2.05) is 10.6 Å². The van der Waals surface area contributed by atoms with Crippen LogP contribution in [0.2, 0.25) is 0 Å². The first-order chi connectivity index (χ1) is 8.74. The number of pyridine rings is 1. The molecule has 0 spiro atoms. The maximum atomic E-state index is 10.9. The van der Waals surface area contributed by atoms with Crippen LogP contribution in [0.5, 0.6) is 0 Å². The minimum absolute atomic E-state index is 0.263. The Morgan fingerprint density at radius 3 is 3.17 bits per heavy atom. The van der Waals surface area contributed by atoms with E-state index in [1.165, 1.54) is 0 Å². The normalized spacial score (nSPS) is 20.1. The number of aromatic carboxylic acids is 1. The molecule has 0 radical (unpaired) electrons. The summed E-state index contributed by atoms with van der Waals surface area (Å²) in [6.07, 6.45) is 5.83. The molecule has 1 saturated heterocycles. The predicted octanol–water partition coefficient (Wildman–Crippen LogP) is 1.93. The fourth-order valence-corrected chi connectivity index (χ4v) is 2.31. The second-order valence-corrected chi connectivity index (χ2v) is 4.57. The lowest BCUT2D eigenvalue weighted by Crippen LogP contribution is -2.15. The molecule has 0 bridgehead atoms. The molecule has 1 N–H and O–H groups in total. The first-order valence-electron chi connectivity index (χ1n) is 6.04. The lowest BCUT2D eigenvalue weighted by Gasteiger charge is -2.19. The van der Waals surface area contributed by atoms with Gasteiger partial charge in [0.05, 0.1) is 17.9 Å². The fraction of sp³-hybridized carbons (Fsp3) is 0.385. The van der Waals surface area contributed by atoms with E-state index in [9.17, 15) is 4.79 Å². The number of hydrogen-bond acceptors (Lipinski definition) is 3. The highest BCUT2D eigenvalue weighted by molar-refractivity contribution is 5.88. The van der Waals surface area contributed by atoms with Crippen LogP contribution in [-0.2, 0) is 4.74 Å². The summed E-state index contributed by atoms with van der Waals surface area (Å²) < 4.78 is 7.31. The van der Waals surface area contributed by atoms with Crippen molar-refractivity contribution in [2.45, 2.75) is 18.8 Å². The number of carboxylic acids is 1. The monoisotopic (exact) mass is 246 g/mol. The average molecular weight is 246 g/mol. The molecular formula is C13H14N2O3. The van der Waals surface area contributed by atoms with Crippen molar-refractivity contribution in [3.05, 3.63) is 35.8 Å². The van der Waals surface area contributed by atoms with Crippen LogP contribution in [0.15, 0.2) is 24.5 Å². The molecule has 1 aliphatic heterocycles. The quantitative estimate of drug-likeness (QED) is 0.879. The number of ether oxygens (including phenoxy) is 1. The highest BCUT2D eigenvalue weighted by atomic mass is 16.5. The van der Waals surface area contributed by atoms with Crippen LogP contribution in [0.1, 0.15) is 34.8 Å². The number of carbonyl (C=O) groups is 1. The van der Waals surface area contributed by atoms with Gasteiger partial charge in [0.2, 0.25) is 0 Å². The van der Waals surface area contributed by atoms with Crippen molar-refractivity contribution in [3.63, 3.8) is 0 Å². The molecule has 1 aliphatic rings. The molecule has 2 aromatic rings. The predicted molar refractivity (Wildman–Crippen MR) is 64.9 cm³/mol. The number of aromatic nitrogens is 2. The van der Waals surface area contributed by atoms with Gasteiger partial charge in [-0.25, -0.2) is 9.78 Å². The summed E-state index contributed by atoms with van der Waals surface area (Å²) in [4.78, 5) is 15.4. The minimum Gasteiger partial charge on any atom is -0.478 e. The maximum absolute atomic E-state index is 10.9. The van der Waals surface area contributed by atoms with Gasteiger partial charge in [-0.2, -0.15) is 0 Å². The van der Waals surface area contributed by atoms with E-state index in [0.29, 0.717) is 18.2 Å². The molecule has 5 nitrogen and oxygen atoms in total. The van der Waals surface area contributed by atoms with Crippen molar-refractivity contribution in [2.75, 3.05) is 13.2 Å². The summed E-state index contributed by atoms with van der Waals surface area (Å²) >= 11 is 0. The summed E-state index contributed by atoms with van der Waals surface area (Å²) in [5.41, 5.74) is 1.92. The summed E-state index contributed by atoms with van der Waals surface area (Å²) in [6, 6.07) is 3.17. The van der Waals surface area contributed by atoms with E-state index in [1.54, 1.807) is 18.3 Å². The lowest BCUT2D eigenvalue weighted by atomic mass is 9.99. The summed E-state index contributed by atoms with van der Waals surface area (Å²) in [7, 11) is 0. The highest BCUT2D eigenvalue weighted by Crippen LogP contribution is 2.25. The maximum Gasteiger partial charge on any atom is 0.335 e. The number of carboxylic acid groups (broad SMARTS) is 1. The Bertz CT molecular complexity index is 585. The van der Waals surface area contributed by atoms with Crippen LogP contribution < -0.4 is 0 Å². The lowest BCUT2D eigenvalue weighted by molar-refractivity contribution is 0.0697. The Hall–Kier alpha value is -1.88. The van der Waals surface area contributed by atoms with Crippen LogP contribution in [0.3, 0.4) is 0 Å². The second-order valence-electron chi connectivity index (χ2n) is 4.57. The van der Waals surface area contributed by atoms with Gasteiger partial charge in [0.15, 0.2) is 0 Å². The second kappa shape index (κ2) is 4.42. The Morgan fingerprint density at radius 2 is 2.44 bits per heavy atom. The van der Waals surface area contributed by atoms with Crippen molar-refractivity contribution >= 4 is 11.6 Å². The van der Waals surface area contributed by atoms with E-state index in [4.69, 9.17) is 9.84 Å². The molecule has 2 aromatic heterocycles. The standard InChI is InChI=1S/C13H14N2O3/c16-13(17)9-3-4-15-7-11(14-12(15)6-9)10-2-1-5-18-8-10/h3-4,6-7,10H,1-2,5,8H2,(H,16,17). The van der Waals surface area contributed by atoms with Gasteiger partial charge in [0.1, 0.15) is 5.65 Å². The van der Waals surface area contributed by atoms with Crippen LogP contribution in [0, 0.1) is 0 Å². The first kappa shape index (κ1) is 11.2. The van der Waals surface area contributed by atoms with Crippen LogP contribution >= 0.6 is 0 Å². The van der Waals surface area contributed by atoms with E-state index in [2.05, 4.69) is 4.98 Å². The third-order valence-electron chi connectivity index (χ3n) is 3.30. The zero-order valence-corrected chi connectivity index (χ0v) is 9.87. The summed E-state index contributed by atoms with van der Waals surface area (Å²) in [6.45, 7) is 1.53. The zero-order valence-electron chi connectivity index (χ0n) is 9.87. The topological polar surface area (TPSA) is 63.8 Å². The zero-order chi connectivity index (χ0) is 12.5. The first-order valence-corrected chi connectivity index (χ1v) is 6.04. The van der Waals surface area contributed by atoms with Crippen LogP contribution in [-0.4, -0.2) is 33.7 Å². The number of hydrogen-bond donors (Lipinski definition) is 1. The Kier molecular flexibility index (Phi) is 2.76. The van der Waals surface area contributed by atoms with Gasteiger partial charge in [-0.3, -0.25) is 0 Å². The molecule has 1 atom stereocenters. The molecule has 1 unspecified atom stereocenters. The van der Waals surface area contributed by atoms with E-state index < -0.39 is 5.97 Å². The average Bonchev–Trinajstić information content (AvgIpc) is 2.82. The molecule has 18 heavy (non-hydrogen) atoms. The van der Waals surface area contributed by atoms with Crippen molar-refractivity contribution in [1.82, 2.24) is 9.38 Å². The molecule has 5 heteroatoms. The third kappa shape index (κ3) is 1.97. The summed E-state index contributed by atoms with van der Waals surface area (Å²) in [5, 5.41) is 8.94. The Labute approximate surface area is 104 Å². The van der Waals surface area contributed by atoms with Gasteiger partial charge >= 0.3 is 5.97 Å². The van der Waals surface area contributed by atoms with Gasteiger partial charge in [0.25, 0.3) is 0 Å². The van der Waals surface area contributed by atoms with Gasteiger partial charge in [-0.15, -0.1) is 0 Å². The molecule has 0 aliphatic carbocycles. The van der Waals surface area contributed by atoms with E-state index in [0.717, 1.165) is 25.1 Å². The van der Waals surface area contributed by atoms with Gasteiger partial charge in [-0.1, -0.05) is 0 Å². The van der Waals surface area contributed by atoms with Crippen molar-refractivity contribution in [2.24, 2.45) is 0 Å². The van der Waals surface area contributed by atoms with Crippen molar-refractivity contribution < 1.29 is 14.6 Å². The molecule has 3 rings (SSSR count). The van der Waals surface area contributed by atoms with Crippen LogP contribution in [0.25, 0.3) is 5.65 Å². The Balaban J connectivity index is 1.97. The SMILES string of the molecule is O=C(O)c1ccn2cc(C3CCCOC3)nc2c1. The smallest absolute Gasteiger partial charge is 0.335 e. The molecule has 0 amide bonds. The minimum atomic E-state index is -0.928. The Morgan fingerprint density at radius 1 is 1.56 bits per heavy atom. The number of fused-ring (bicyclic) bond motifs is 1. The molecule has 94 valence electrons. The van der Waals surface area contributed by atoms with Crippen LogP contribution in [0.4, 0.5) is 0 Å². The summed E-state index contributed by atoms with van der Waals surface area (Å²) in [5.74, 6) is -0.602.